The van der Waals surface area contributed by atoms with E-state index in [9.17, 15) is 0 Å². The summed E-state index contributed by atoms with van der Waals surface area (Å²) in [5, 5.41) is 0.805. The summed E-state index contributed by atoms with van der Waals surface area (Å²) in [6.07, 6.45) is 1.20. The lowest BCUT2D eigenvalue weighted by atomic mass is 10.1. The number of nitrogens with zero attached hydrogens (tertiary/aromatic N) is 5. The molecule has 2 saturated heterocycles. The van der Waals surface area contributed by atoms with Crippen LogP contribution in [0.15, 0.2) is 60.7 Å². The van der Waals surface area contributed by atoms with Crippen molar-refractivity contribution in [1.82, 2.24) is 19.8 Å². The van der Waals surface area contributed by atoms with Crippen LogP contribution in [0.3, 0.4) is 0 Å². The fraction of sp³-hybridized carbons (Fsp3) is 0.385. The predicted octanol–water partition coefficient (Wildman–Crippen LogP) is 4.50. The molecule has 0 aliphatic carbocycles. The molecular formula is C26H30ClN5. The van der Waals surface area contributed by atoms with Crippen LogP contribution in [0.1, 0.15) is 17.7 Å². The number of halogens is 1. The molecule has 1 aromatic heterocycles. The highest BCUT2D eigenvalue weighted by Gasteiger charge is 2.31. The number of benzene rings is 2. The van der Waals surface area contributed by atoms with Gasteiger partial charge in [-0.25, -0.2) is 9.97 Å². The van der Waals surface area contributed by atoms with Gasteiger partial charge in [0.1, 0.15) is 5.82 Å². The largest absolute Gasteiger partial charge is 0.355 e. The van der Waals surface area contributed by atoms with Crippen LogP contribution in [0.4, 0.5) is 5.82 Å². The van der Waals surface area contributed by atoms with Gasteiger partial charge >= 0.3 is 0 Å². The highest BCUT2D eigenvalue weighted by molar-refractivity contribution is 6.30. The number of rotatable bonds is 5. The summed E-state index contributed by atoms with van der Waals surface area (Å²) in [5.74, 6) is 1.88. The van der Waals surface area contributed by atoms with E-state index in [1.54, 1.807) is 0 Å². The maximum atomic E-state index is 6.02. The number of anilines is 1. The van der Waals surface area contributed by atoms with Gasteiger partial charge < -0.3 is 4.90 Å². The van der Waals surface area contributed by atoms with Gasteiger partial charge in [0.25, 0.3) is 0 Å². The average molecular weight is 448 g/mol. The smallest absolute Gasteiger partial charge is 0.161 e. The summed E-state index contributed by atoms with van der Waals surface area (Å²) in [5.41, 5.74) is 3.43. The molecular weight excluding hydrogens is 418 g/mol. The van der Waals surface area contributed by atoms with Crippen molar-refractivity contribution in [2.45, 2.75) is 25.9 Å². The zero-order valence-corrected chi connectivity index (χ0v) is 19.4. The molecule has 0 amide bonds. The van der Waals surface area contributed by atoms with Crippen molar-refractivity contribution in [2.24, 2.45) is 0 Å². The molecule has 1 atom stereocenters. The van der Waals surface area contributed by atoms with Crippen molar-refractivity contribution >= 4 is 17.4 Å². The molecule has 0 unspecified atom stereocenters. The summed E-state index contributed by atoms with van der Waals surface area (Å²) < 4.78 is 0. The Balaban J connectivity index is 1.18. The zero-order valence-electron chi connectivity index (χ0n) is 18.6. The van der Waals surface area contributed by atoms with Crippen LogP contribution in [-0.4, -0.2) is 65.1 Å². The van der Waals surface area contributed by atoms with E-state index in [1.807, 2.05) is 30.3 Å². The first-order chi connectivity index (χ1) is 15.6. The Morgan fingerprint density at radius 2 is 1.66 bits per heavy atom. The maximum absolute atomic E-state index is 6.02. The van der Waals surface area contributed by atoms with Crippen molar-refractivity contribution in [3.63, 3.8) is 0 Å². The van der Waals surface area contributed by atoms with Crippen molar-refractivity contribution < 1.29 is 0 Å². The Morgan fingerprint density at radius 3 is 2.41 bits per heavy atom. The molecule has 2 aliphatic rings. The van der Waals surface area contributed by atoms with Crippen LogP contribution in [0.5, 0.6) is 0 Å². The molecule has 5 nitrogen and oxygen atoms in total. The molecule has 3 heterocycles. The molecule has 0 bridgehead atoms. The topological polar surface area (TPSA) is 35.5 Å². The summed E-state index contributed by atoms with van der Waals surface area (Å²) in [4.78, 5) is 17.2. The fourth-order valence-electron chi connectivity index (χ4n) is 4.81. The first-order valence-electron chi connectivity index (χ1n) is 11.5. The van der Waals surface area contributed by atoms with Crippen LogP contribution >= 0.6 is 11.6 Å². The fourth-order valence-corrected chi connectivity index (χ4v) is 4.94. The minimum Gasteiger partial charge on any atom is -0.355 e. The first kappa shape index (κ1) is 21.4. The third-order valence-electron chi connectivity index (χ3n) is 6.60. The molecule has 0 N–H and O–H groups in total. The van der Waals surface area contributed by atoms with E-state index in [-0.39, 0.29) is 0 Å². The molecule has 3 aromatic rings. The standard InChI is InChI=1S/C26H30ClN5/c1-20-17-25(29-26(28-20)22-5-3-2-4-6-22)32-12-11-24(19-32)31-15-13-30(14-16-31)18-21-7-9-23(27)10-8-21/h2-10,17,24H,11-16,18-19H2,1H3/t24-/m1/s1. The van der Waals surface area contributed by atoms with Gasteiger partial charge in [-0.1, -0.05) is 54.1 Å². The predicted molar refractivity (Wildman–Crippen MR) is 131 cm³/mol. The number of aromatic nitrogens is 2. The number of aryl methyl sites for hydroxylation is 1. The van der Waals surface area contributed by atoms with Gasteiger partial charge in [-0.3, -0.25) is 9.80 Å². The van der Waals surface area contributed by atoms with Crippen LogP contribution in [0, 0.1) is 6.92 Å². The highest BCUT2D eigenvalue weighted by atomic mass is 35.5. The van der Waals surface area contributed by atoms with Gasteiger partial charge in [0.15, 0.2) is 5.82 Å². The van der Waals surface area contributed by atoms with E-state index in [0.717, 1.165) is 73.7 Å². The van der Waals surface area contributed by atoms with Gasteiger partial charge in [0, 0.05) is 74.2 Å². The molecule has 0 radical (unpaired) electrons. The summed E-state index contributed by atoms with van der Waals surface area (Å²) in [7, 11) is 0. The first-order valence-corrected chi connectivity index (χ1v) is 11.9. The third-order valence-corrected chi connectivity index (χ3v) is 6.85. The second-order valence-corrected chi connectivity index (χ2v) is 9.32. The van der Waals surface area contributed by atoms with Crippen LogP contribution in [0.2, 0.25) is 5.02 Å². The van der Waals surface area contributed by atoms with Gasteiger partial charge in [-0.2, -0.15) is 0 Å². The lowest BCUT2D eigenvalue weighted by Crippen LogP contribution is -2.50. The van der Waals surface area contributed by atoms with Crippen LogP contribution < -0.4 is 4.90 Å². The van der Waals surface area contributed by atoms with E-state index in [2.05, 4.69) is 56.9 Å². The summed E-state index contributed by atoms with van der Waals surface area (Å²) in [6, 6.07) is 21.2. The second kappa shape index (κ2) is 9.57. The van der Waals surface area contributed by atoms with E-state index < -0.39 is 0 Å². The van der Waals surface area contributed by atoms with E-state index in [0.29, 0.717) is 6.04 Å². The molecule has 2 fully saturated rings. The van der Waals surface area contributed by atoms with Gasteiger partial charge in [-0.05, 0) is 31.0 Å². The monoisotopic (exact) mass is 447 g/mol. The van der Waals surface area contributed by atoms with Gasteiger partial charge in [-0.15, -0.1) is 0 Å². The Hall–Kier alpha value is -2.47. The highest BCUT2D eigenvalue weighted by Crippen LogP contribution is 2.25. The molecule has 5 rings (SSSR count). The number of piperazine rings is 1. The maximum Gasteiger partial charge on any atom is 0.161 e. The summed E-state index contributed by atoms with van der Waals surface area (Å²) >= 11 is 6.02. The SMILES string of the molecule is Cc1cc(N2CC[C@@H](N3CCN(Cc4ccc(Cl)cc4)CC3)C2)nc(-c2ccccc2)n1. The third kappa shape index (κ3) is 4.96. The molecule has 6 heteroatoms. The Morgan fingerprint density at radius 1 is 0.906 bits per heavy atom. The second-order valence-electron chi connectivity index (χ2n) is 8.88. The van der Waals surface area contributed by atoms with E-state index in [4.69, 9.17) is 16.6 Å². The Bertz CT molecular complexity index is 1030. The van der Waals surface area contributed by atoms with Crippen molar-refractivity contribution in [1.29, 1.82) is 0 Å². The van der Waals surface area contributed by atoms with Crippen LogP contribution in [0.25, 0.3) is 11.4 Å². The Labute approximate surface area is 195 Å². The number of hydrogen-bond donors (Lipinski definition) is 0. The lowest BCUT2D eigenvalue weighted by Gasteiger charge is -2.38. The molecule has 166 valence electrons. The molecule has 0 saturated carbocycles. The van der Waals surface area contributed by atoms with Gasteiger partial charge in [0.2, 0.25) is 0 Å². The van der Waals surface area contributed by atoms with Crippen LogP contribution in [-0.2, 0) is 6.54 Å². The molecule has 2 aliphatic heterocycles. The lowest BCUT2D eigenvalue weighted by molar-refractivity contribution is 0.0987. The van der Waals surface area contributed by atoms with Crippen molar-refractivity contribution in [3.05, 3.63) is 76.9 Å². The molecule has 0 spiro atoms. The number of hydrogen-bond acceptors (Lipinski definition) is 5. The minimum absolute atomic E-state index is 0.600. The molecule has 2 aromatic carbocycles. The molecule has 32 heavy (non-hydrogen) atoms. The average Bonchev–Trinajstić information content (AvgIpc) is 3.32. The summed E-state index contributed by atoms with van der Waals surface area (Å²) in [6.45, 7) is 9.65. The minimum atomic E-state index is 0.600. The quantitative estimate of drug-likeness (QED) is 0.575. The zero-order chi connectivity index (χ0) is 21.9. The van der Waals surface area contributed by atoms with Gasteiger partial charge in [0.05, 0.1) is 0 Å². The Kier molecular flexibility index (Phi) is 6.39. The van der Waals surface area contributed by atoms with Crippen molar-refractivity contribution in [2.75, 3.05) is 44.2 Å². The van der Waals surface area contributed by atoms with Crippen molar-refractivity contribution in [3.8, 4) is 11.4 Å². The van der Waals surface area contributed by atoms with E-state index >= 15 is 0 Å². The van der Waals surface area contributed by atoms with E-state index in [1.165, 1.54) is 12.0 Å². The normalized spacial score (nSPS) is 20.1.